The molecule has 0 aliphatic rings. The van der Waals surface area contributed by atoms with Gasteiger partial charge in [0.15, 0.2) is 0 Å². The third-order valence-electron chi connectivity index (χ3n) is 3.64. The van der Waals surface area contributed by atoms with Crippen molar-refractivity contribution in [2.45, 2.75) is 51.4 Å². The summed E-state index contributed by atoms with van der Waals surface area (Å²) in [5.41, 5.74) is 0. The molecule has 1 N–H and O–H groups in total. The topological polar surface area (TPSA) is 38.7 Å². The molecule has 3 heteroatoms. The second-order valence-corrected chi connectivity index (χ2v) is 5.71. The molecule has 3 nitrogen and oxygen atoms in total. The Bertz CT molecular complexity index is 498. The molecule has 0 fully saturated rings. The first kappa shape index (κ1) is 17.4. The van der Waals surface area contributed by atoms with Gasteiger partial charge in [-0.25, -0.2) is 0 Å². The van der Waals surface area contributed by atoms with Crippen molar-refractivity contribution in [1.29, 1.82) is 0 Å². The molecule has 0 atom stereocenters. The van der Waals surface area contributed by atoms with Gasteiger partial charge >= 0.3 is 5.97 Å². The van der Waals surface area contributed by atoms with E-state index in [1.54, 1.807) is 0 Å². The smallest absolute Gasteiger partial charge is 0.369 e. The predicted octanol–water partition coefficient (Wildman–Crippen LogP) is 5.15. The highest BCUT2D eigenvalue weighted by Crippen LogP contribution is 2.25. The van der Waals surface area contributed by atoms with Crippen molar-refractivity contribution in [2.75, 3.05) is 0 Å². The Kier molecular flexibility index (Phi) is 6.95. The molecule has 0 saturated heterocycles. The van der Waals surface area contributed by atoms with E-state index in [2.05, 4.69) is 6.92 Å². The van der Waals surface area contributed by atoms with Crippen LogP contribution in [0.15, 0.2) is 60.7 Å². The molecule has 2 aromatic carbocycles. The third-order valence-corrected chi connectivity index (χ3v) is 3.64. The summed E-state index contributed by atoms with van der Waals surface area (Å²) in [6, 6.07) is 18.6. The van der Waals surface area contributed by atoms with E-state index in [0.717, 1.165) is 12.8 Å². The van der Waals surface area contributed by atoms with Gasteiger partial charge in [-0.05, 0) is 30.7 Å². The van der Waals surface area contributed by atoms with E-state index in [1.165, 1.54) is 19.3 Å². The monoisotopic (exact) mass is 314 g/mol. The number of para-hydroxylation sites is 2. The summed E-state index contributed by atoms with van der Waals surface area (Å²) in [5.74, 6) is -0.450. The Morgan fingerprint density at radius 3 is 1.70 bits per heavy atom. The van der Waals surface area contributed by atoms with Crippen molar-refractivity contribution in [1.82, 2.24) is 0 Å². The minimum Gasteiger partial charge on any atom is -0.430 e. The van der Waals surface area contributed by atoms with Crippen molar-refractivity contribution in [3.8, 4) is 11.5 Å². The van der Waals surface area contributed by atoms with E-state index in [9.17, 15) is 5.11 Å². The van der Waals surface area contributed by atoms with Crippen molar-refractivity contribution in [2.24, 2.45) is 0 Å². The van der Waals surface area contributed by atoms with Crippen molar-refractivity contribution in [3.05, 3.63) is 60.7 Å². The fourth-order valence-corrected chi connectivity index (χ4v) is 2.42. The zero-order chi connectivity index (χ0) is 16.4. The van der Waals surface area contributed by atoms with Crippen molar-refractivity contribution < 1.29 is 14.6 Å². The molecule has 0 saturated carbocycles. The van der Waals surface area contributed by atoms with E-state index in [0.29, 0.717) is 17.9 Å². The number of benzene rings is 2. The first-order valence-corrected chi connectivity index (χ1v) is 8.42. The van der Waals surface area contributed by atoms with E-state index in [1.807, 2.05) is 60.7 Å². The molecule has 2 rings (SSSR count). The summed E-state index contributed by atoms with van der Waals surface area (Å²) in [4.78, 5) is 0. The number of unbranched alkanes of at least 4 members (excludes halogenated alkanes) is 4. The predicted molar refractivity (Wildman–Crippen MR) is 92.5 cm³/mol. The first-order chi connectivity index (χ1) is 11.2. The zero-order valence-corrected chi connectivity index (χ0v) is 13.8. The number of hydrogen-bond acceptors (Lipinski definition) is 3. The summed E-state index contributed by atoms with van der Waals surface area (Å²) in [6.07, 6.45) is 5.94. The molecule has 0 aliphatic carbocycles. The van der Waals surface area contributed by atoms with E-state index in [4.69, 9.17) is 9.47 Å². The van der Waals surface area contributed by atoms with Crippen LogP contribution in [0.1, 0.15) is 45.4 Å². The van der Waals surface area contributed by atoms with Crippen LogP contribution in [-0.4, -0.2) is 11.1 Å². The normalized spacial score (nSPS) is 11.2. The Hall–Kier alpha value is -2.00. The second kappa shape index (κ2) is 9.21. The van der Waals surface area contributed by atoms with Crippen LogP contribution in [0.4, 0.5) is 0 Å². The van der Waals surface area contributed by atoms with Gasteiger partial charge in [0.2, 0.25) is 0 Å². The summed E-state index contributed by atoms with van der Waals surface area (Å²) in [5, 5.41) is 10.8. The first-order valence-electron chi connectivity index (χ1n) is 8.42. The number of aliphatic hydroxyl groups is 1. The molecule has 2 aromatic rings. The van der Waals surface area contributed by atoms with Gasteiger partial charge in [0.05, 0.1) is 6.42 Å². The van der Waals surface area contributed by atoms with E-state index >= 15 is 0 Å². The van der Waals surface area contributed by atoms with Crippen molar-refractivity contribution in [3.63, 3.8) is 0 Å². The molecule has 124 valence electrons. The van der Waals surface area contributed by atoms with Gasteiger partial charge in [0, 0.05) is 0 Å². The van der Waals surface area contributed by atoms with E-state index < -0.39 is 5.97 Å². The maximum absolute atomic E-state index is 10.8. The fraction of sp³-hybridized carbons (Fsp3) is 0.400. The molecular formula is C20H26O3. The van der Waals surface area contributed by atoms with Crippen LogP contribution >= 0.6 is 0 Å². The average molecular weight is 314 g/mol. The SMILES string of the molecule is CCCCCCCC(O)(Oc1ccccc1)Oc1ccccc1. The van der Waals surface area contributed by atoms with Crippen LogP contribution in [0.5, 0.6) is 11.5 Å². The van der Waals surface area contributed by atoms with Crippen LogP contribution < -0.4 is 9.47 Å². The molecule has 0 unspecified atom stereocenters. The van der Waals surface area contributed by atoms with Crippen LogP contribution in [0.25, 0.3) is 0 Å². The zero-order valence-electron chi connectivity index (χ0n) is 13.8. The maximum Gasteiger partial charge on any atom is 0.369 e. The average Bonchev–Trinajstić information content (AvgIpc) is 2.56. The lowest BCUT2D eigenvalue weighted by Crippen LogP contribution is -2.42. The lowest BCUT2D eigenvalue weighted by Gasteiger charge is -2.29. The molecular weight excluding hydrogens is 288 g/mol. The Labute approximate surface area is 138 Å². The molecule has 0 aromatic heterocycles. The highest BCUT2D eigenvalue weighted by molar-refractivity contribution is 5.23. The summed E-state index contributed by atoms with van der Waals surface area (Å²) in [7, 11) is 0. The maximum atomic E-state index is 10.8. The highest BCUT2D eigenvalue weighted by atomic mass is 16.8. The van der Waals surface area contributed by atoms with Gasteiger partial charge in [-0.1, -0.05) is 69.0 Å². The minimum absolute atomic E-state index is 0.431. The molecule has 0 radical (unpaired) electrons. The Morgan fingerprint density at radius 2 is 1.22 bits per heavy atom. The Balaban J connectivity index is 2.00. The molecule has 0 bridgehead atoms. The largest absolute Gasteiger partial charge is 0.430 e. The van der Waals surface area contributed by atoms with Gasteiger partial charge in [-0.2, -0.15) is 0 Å². The molecule has 0 amide bonds. The summed E-state index contributed by atoms with van der Waals surface area (Å²) >= 11 is 0. The third kappa shape index (κ3) is 6.33. The van der Waals surface area contributed by atoms with Gasteiger partial charge in [0.1, 0.15) is 11.5 Å². The van der Waals surface area contributed by atoms with Crippen LogP contribution in [-0.2, 0) is 0 Å². The molecule has 0 spiro atoms. The van der Waals surface area contributed by atoms with Gasteiger partial charge in [-0.15, -0.1) is 0 Å². The molecule has 0 heterocycles. The lowest BCUT2D eigenvalue weighted by atomic mass is 10.1. The lowest BCUT2D eigenvalue weighted by molar-refractivity contribution is -0.276. The number of ether oxygens (including phenoxy) is 2. The molecule has 0 aliphatic heterocycles. The van der Waals surface area contributed by atoms with E-state index in [-0.39, 0.29) is 0 Å². The second-order valence-electron chi connectivity index (χ2n) is 5.71. The van der Waals surface area contributed by atoms with Crippen LogP contribution in [0.3, 0.4) is 0 Å². The summed E-state index contributed by atoms with van der Waals surface area (Å²) in [6.45, 7) is 2.19. The molecule has 23 heavy (non-hydrogen) atoms. The standard InChI is InChI=1S/C20H26O3/c1-2-3-4-5-12-17-20(21,22-18-13-8-6-9-14-18)23-19-15-10-7-11-16-19/h6-11,13-16,21H,2-5,12,17H2,1H3. The quantitative estimate of drug-likeness (QED) is 0.487. The van der Waals surface area contributed by atoms with Gasteiger partial charge in [-0.3, -0.25) is 0 Å². The number of hydrogen-bond donors (Lipinski definition) is 1. The fourth-order valence-electron chi connectivity index (χ4n) is 2.42. The number of rotatable bonds is 10. The van der Waals surface area contributed by atoms with Gasteiger partial charge in [0.25, 0.3) is 0 Å². The van der Waals surface area contributed by atoms with Crippen LogP contribution in [0.2, 0.25) is 0 Å². The van der Waals surface area contributed by atoms with Gasteiger partial charge < -0.3 is 14.6 Å². The minimum atomic E-state index is -1.64. The summed E-state index contributed by atoms with van der Waals surface area (Å²) < 4.78 is 11.5. The Morgan fingerprint density at radius 1 is 0.739 bits per heavy atom. The highest BCUT2D eigenvalue weighted by Gasteiger charge is 2.31. The van der Waals surface area contributed by atoms with Crippen LogP contribution in [0, 0.1) is 0 Å². The van der Waals surface area contributed by atoms with Crippen molar-refractivity contribution >= 4 is 0 Å².